The van der Waals surface area contributed by atoms with E-state index < -0.39 is 23.2 Å². The second kappa shape index (κ2) is 10.4. The smallest absolute Gasteiger partial charge is 1.00 e. The van der Waals surface area contributed by atoms with Crippen molar-refractivity contribution in [2.45, 2.75) is 67.2 Å². The second-order valence-corrected chi connectivity index (χ2v) is 10.4. The van der Waals surface area contributed by atoms with Gasteiger partial charge in [0.25, 0.3) is 0 Å². The van der Waals surface area contributed by atoms with Crippen LogP contribution in [0.3, 0.4) is 0 Å². The molecule has 0 aliphatic heterocycles. The van der Waals surface area contributed by atoms with Gasteiger partial charge in [0, 0.05) is 0 Å². The summed E-state index contributed by atoms with van der Waals surface area (Å²) in [6.45, 7) is 14.1. The van der Waals surface area contributed by atoms with Gasteiger partial charge in [0.15, 0.2) is 0 Å². The maximum absolute atomic E-state index is 2.53. The quantitative estimate of drug-likeness (QED) is 0.569. The molecular formula is C20H30Cl2Zr. The zero-order valence-corrected chi connectivity index (χ0v) is 19.4. The number of rotatable bonds is 6. The molecule has 23 heavy (non-hydrogen) atoms. The predicted octanol–water partition coefficient (Wildman–Crippen LogP) is 0.377. The van der Waals surface area contributed by atoms with Crippen LogP contribution >= 0.6 is 0 Å². The van der Waals surface area contributed by atoms with Crippen LogP contribution in [0.1, 0.15) is 67.2 Å². The number of allylic oxidation sites excluding steroid dienone is 8. The van der Waals surface area contributed by atoms with Crippen LogP contribution < -0.4 is 24.8 Å². The summed E-state index contributed by atoms with van der Waals surface area (Å²) in [5.41, 5.74) is 6.78. The van der Waals surface area contributed by atoms with E-state index >= 15 is 0 Å². The molecule has 0 aromatic heterocycles. The summed E-state index contributed by atoms with van der Waals surface area (Å²) < 4.78 is 3.73. The van der Waals surface area contributed by atoms with Crippen molar-refractivity contribution in [3.8, 4) is 0 Å². The van der Waals surface area contributed by atoms with Crippen molar-refractivity contribution in [1.82, 2.24) is 0 Å². The largest absolute Gasteiger partial charge is 1.00 e. The number of hydrogen-bond donors (Lipinski definition) is 0. The van der Waals surface area contributed by atoms with Crippen LogP contribution in [0.15, 0.2) is 41.0 Å². The van der Waals surface area contributed by atoms with Crippen LogP contribution in [0.25, 0.3) is 0 Å². The van der Waals surface area contributed by atoms with E-state index in [1.54, 1.807) is 22.3 Å². The van der Waals surface area contributed by atoms with Gasteiger partial charge in [0.2, 0.25) is 0 Å². The Hall–Kier alpha value is 0.423. The molecule has 0 aromatic rings. The van der Waals surface area contributed by atoms with Crippen LogP contribution in [-0.2, 0) is 23.2 Å². The Bertz CT molecular complexity index is 486. The maximum atomic E-state index is 2.53. The molecule has 0 unspecified atom stereocenters. The van der Waals surface area contributed by atoms with Gasteiger partial charge in [0.1, 0.15) is 0 Å². The van der Waals surface area contributed by atoms with E-state index in [1.165, 1.54) is 25.7 Å². The Morgan fingerprint density at radius 1 is 0.783 bits per heavy atom. The summed E-state index contributed by atoms with van der Waals surface area (Å²) in [6, 6.07) is 0. The van der Waals surface area contributed by atoms with Crippen molar-refractivity contribution in [3.63, 3.8) is 0 Å². The van der Waals surface area contributed by atoms with Crippen molar-refractivity contribution < 1.29 is 48.0 Å². The van der Waals surface area contributed by atoms with Gasteiger partial charge in [-0.25, -0.2) is 0 Å². The summed E-state index contributed by atoms with van der Waals surface area (Å²) in [6.07, 6.45) is 10.1. The summed E-state index contributed by atoms with van der Waals surface area (Å²) in [5, 5.41) is 0. The van der Waals surface area contributed by atoms with Gasteiger partial charge in [-0.2, -0.15) is 0 Å². The molecule has 0 saturated carbocycles. The van der Waals surface area contributed by atoms with E-state index in [0.717, 1.165) is 0 Å². The molecule has 3 heteroatoms. The normalized spacial score (nSPS) is 17.2. The zero-order chi connectivity index (χ0) is 15.6. The minimum Gasteiger partial charge on any atom is -1.00 e. The summed E-state index contributed by atoms with van der Waals surface area (Å²) in [4.78, 5) is 0. The standard InChI is InChI=1S/2C10H15.2ClH.Zr/c2*1-4-9-6-5-7-10(9)8(2)3;;;/h2*7-8H,4-5H2,1-3H3;2*1H;/q;;;;+2/p-2. The van der Waals surface area contributed by atoms with Crippen molar-refractivity contribution >= 4 is 0 Å². The van der Waals surface area contributed by atoms with Crippen LogP contribution in [0, 0.1) is 11.8 Å². The molecule has 0 atom stereocenters. The first-order chi connectivity index (χ1) is 9.99. The molecule has 128 valence electrons. The van der Waals surface area contributed by atoms with Gasteiger partial charge >= 0.3 is 143 Å². The fraction of sp³-hybridized carbons (Fsp3) is 0.600. The molecule has 0 nitrogen and oxygen atoms in total. The van der Waals surface area contributed by atoms with E-state index in [2.05, 4.69) is 53.7 Å². The van der Waals surface area contributed by atoms with Crippen LogP contribution in [0.5, 0.6) is 0 Å². The molecule has 2 rings (SSSR count). The summed E-state index contributed by atoms with van der Waals surface area (Å²) >= 11 is -0.548. The van der Waals surface area contributed by atoms with E-state index in [-0.39, 0.29) is 24.8 Å². The van der Waals surface area contributed by atoms with E-state index in [9.17, 15) is 0 Å². The SMILES string of the molecule is CCC1=[C]([Zr+2][C]2=C(CC)C(C(C)C)=CC2)CC=C1C(C)C.[Cl-].[Cl-]. The van der Waals surface area contributed by atoms with Crippen LogP contribution in [0.4, 0.5) is 0 Å². The van der Waals surface area contributed by atoms with Gasteiger partial charge in [-0.1, -0.05) is 0 Å². The third-order valence-corrected chi connectivity index (χ3v) is 8.70. The molecule has 0 heterocycles. The van der Waals surface area contributed by atoms with Gasteiger partial charge in [-0.15, -0.1) is 0 Å². The van der Waals surface area contributed by atoms with Crippen molar-refractivity contribution in [2.24, 2.45) is 11.8 Å². The van der Waals surface area contributed by atoms with Crippen molar-refractivity contribution in [3.05, 3.63) is 41.0 Å². The molecule has 2 aliphatic rings. The average Bonchev–Trinajstić information content (AvgIpc) is 3.02. The number of halogens is 2. The zero-order valence-electron chi connectivity index (χ0n) is 15.4. The summed E-state index contributed by atoms with van der Waals surface area (Å²) in [5.74, 6) is 1.40. The Labute approximate surface area is 167 Å². The van der Waals surface area contributed by atoms with Gasteiger partial charge < -0.3 is 24.8 Å². The predicted molar refractivity (Wildman–Crippen MR) is 89.7 cm³/mol. The third kappa shape index (κ3) is 5.20. The fourth-order valence-corrected chi connectivity index (χ4v) is 7.92. The van der Waals surface area contributed by atoms with Gasteiger partial charge in [0.05, 0.1) is 0 Å². The van der Waals surface area contributed by atoms with E-state index in [0.29, 0.717) is 11.8 Å². The first kappa shape index (κ1) is 23.4. The molecule has 0 aromatic carbocycles. The first-order valence-electron chi connectivity index (χ1n) is 8.61. The fourth-order valence-electron chi connectivity index (χ4n) is 3.70. The molecule has 0 spiro atoms. The Morgan fingerprint density at radius 2 is 1.13 bits per heavy atom. The Morgan fingerprint density at radius 3 is 1.39 bits per heavy atom. The van der Waals surface area contributed by atoms with E-state index in [4.69, 9.17) is 0 Å². The Balaban J connectivity index is 0.00000242. The third-order valence-electron chi connectivity index (χ3n) is 4.73. The Kier molecular flexibility index (Phi) is 10.6. The average molecular weight is 433 g/mol. The topological polar surface area (TPSA) is 0 Å². The molecule has 2 aliphatic carbocycles. The van der Waals surface area contributed by atoms with Gasteiger partial charge in [-0.05, 0) is 0 Å². The second-order valence-electron chi connectivity index (χ2n) is 6.78. The first-order valence-corrected chi connectivity index (χ1v) is 11.1. The molecule has 0 radical (unpaired) electrons. The molecule has 0 saturated heterocycles. The minimum absolute atomic E-state index is 0. The number of hydrogen-bond acceptors (Lipinski definition) is 0. The van der Waals surface area contributed by atoms with Crippen molar-refractivity contribution in [1.29, 1.82) is 0 Å². The van der Waals surface area contributed by atoms with Crippen molar-refractivity contribution in [2.75, 3.05) is 0 Å². The molecule has 0 N–H and O–H groups in total. The minimum atomic E-state index is -0.548. The molecule has 0 amide bonds. The maximum Gasteiger partial charge on any atom is -1.00 e. The molecule has 0 fully saturated rings. The van der Waals surface area contributed by atoms with Crippen LogP contribution in [0.2, 0.25) is 0 Å². The molecule has 0 bridgehead atoms. The van der Waals surface area contributed by atoms with Crippen LogP contribution in [-0.4, -0.2) is 0 Å². The van der Waals surface area contributed by atoms with Gasteiger partial charge in [-0.3, -0.25) is 0 Å². The van der Waals surface area contributed by atoms with E-state index in [1.807, 2.05) is 6.56 Å². The summed E-state index contributed by atoms with van der Waals surface area (Å²) in [7, 11) is 0. The monoisotopic (exact) mass is 430 g/mol. The molecular weight excluding hydrogens is 402 g/mol.